The third-order valence-electron chi connectivity index (χ3n) is 14.1. The van der Waals surface area contributed by atoms with Crippen LogP contribution in [-0.2, 0) is 20.4 Å². The number of benzene rings is 5. The van der Waals surface area contributed by atoms with E-state index in [4.69, 9.17) is 9.47 Å². The van der Waals surface area contributed by atoms with Crippen LogP contribution in [0.2, 0.25) is 0 Å². The van der Waals surface area contributed by atoms with Crippen LogP contribution in [0.4, 0.5) is 11.4 Å². The quantitative estimate of drug-likeness (QED) is 0.0966. The number of aromatic carboxylic acids is 1. The lowest BCUT2D eigenvalue weighted by atomic mass is 9.69. The summed E-state index contributed by atoms with van der Waals surface area (Å²) in [4.78, 5) is 29.9. The summed E-state index contributed by atoms with van der Waals surface area (Å²) in [6, 6.07) is 28.9. The standard InChI is InChI=1S/C56H60N2O5S/c1-12-57-45-26-17-36-30-34(3)14-24-43(36)49(45)55(6,7)47(57)28-19-38-31-40(54(4,5)53(61)63-11)32-39(51(38)64-42-22-15-35(16-23-42)52(59)60)20-29-48-56(8,9)50-44-25-21-41(62-10)33-37(44)18-27-46(50)58(48)13-2/h14-30,33,40H,12-13,31-32H2,1-11H3. The number of hydrogen-bond acceptors (Lipinski definition) is 7. The maximum Gasteiger partial charge on any atom is 0.311 e. The largest absolute Gasteiger partial charge is 0.545 e. The average Bonchev–Trinajstić information content (AvgIpc) is 3.65. The van der Waals surface area contributed by atoms with Gasteiger partial charge in [0.25, 0.3) is 0 Å². The first-order chi connectivity index (χ1) is 30.5. The average molecular weight is 873 g/mol. The molecule has 0 aromatic heterocycles. The smallest absolute Gasteiger partial charge is 0.311 e. The number of hydrogen-bond donors (Lipinski definition) is 0. The number of carboxylic acids is 1. The lowest BCUT2D eigenvalue weighted by Gasteiger charge is -2.37. The zero-order valence-electron chi connectivity index (χ0n) is 39.1. The molecule has 0 spiro atoms. The van der Waals surface area contributed by atoms with Gasteiger partial charge in [-0.1, -0.05) is 85.8 Å². The highest BCUT2D eigenvalue weighted by Gasteiger charge is 2.46. The van der Waals surface area contributed by atoms with Crippen LogP contribution >= 0.6 is 11.8 Å². The predicted octanol–water partition coefficient (Wildman–Crippen LogP) is 11.9. The lowest BCUT2D eigenvalue weighted by Crippen LogP contribution is -2.36. The van der Waals surface area contributed by atoms with Crippen molar-refractivity contribution in [1.29, 1.82) is 0 Å². The molecule has 7 nitrogen and oxygen atoms in total. The van der Waals surface area contributed by atoms with Gasteiger partial charge in [-0.15, -0.1) is 0 Å². The molecule has 2 heterocycles. The number of rotatable bonds is 11. The number of methoxy groups -OCH3 is 2. The molecular formula is C56H60N2O5S. The van der Waals surface area contributed by atoms with Crippen molar-refractivity contribution >= 4 is 62.3 Å². The van der Waals surface area contributed by atoms with Gasteiger partial charge in [-0.25, -0.2) is 0 Å². The first-order valence-corrected chi connectivity index (χ1v) is 23.3. The number of anilines is 1. The van der Waals surface area contributed by atoms with E-state index in [1.54, 1.807) is 31.0 Å². The first kappa shape index (κ1) is 44.7. The van der Waals surface area contributed by atoms with Crippen LogP contribution in [-0.4, -0.2) is 49.5 Å². The van der Waals surface area contributed by atoms with Crippen LogP contribution in [0.25, 0.3) is 21.5 Å². The predicted molar refractivity (Wildman–Crippen MR) is 261 cm³/mol. The molecule has 64 heavy (non-hydrogen) atoms. The number of ether oxygens (including phenoxy) is 2. The molecule has 0 fully saturated rings. The molecule has 2 aliphatic heterocycles. The van der Waals surface area contributed by atoms with Crippen molar-refractivity contribution < 1.29 is 28.7 Å². The zero-order chi connectivity index (χ0) is 45.9. The van der Waals surface area contributed by atoms with E-state index in [9.17, 15) is 14.7 Å². The number of likely N-dealkylation sites (N-methyl/N-ethyl adjacent to an activating group) is 1. The lowest BCUT2D eigenvalue weighted by molar-refractivity contribution is -0.433. The minimum Gasteiger partial charge on any atom is -0.545 e. The van der Waals surface area contributed by atoms with Gasteiger partial charge in [0.1, 0.15) is 12.3 Å². The minimum atomic E-state index is -1.20. The Balaban J connectivity index is 1.31. The van der Waals surface area contributed by atoms with Gasteiger partial charge < -0.3 is 24.3 Å². The summed E-state index contributed by atoms with van der Waals surface area (Å²) in [6.45, 7) is 21.4. The molecule has 5 aromatic carbocycles. The van der Waals surface area contributed by atoms with Crippen molar-refractivity contribution in [2.75, 3.05) is 32.2 Å². The second kappa shape index (κ2) is 16.9. The summed E-state index contributed by atoms with van der Waals surface area (Å²) in [6.07, 6.45) is 10.4. The monoisotopic (exact) mass is 872 g/mol. The van der Waals surface area contributed by atoms with Crippen LogP contribution in [0.1, 0.15) is 95.3 Å². The minimum absolute atomic E-state index is 0.0719. The molecule has 0 saturated heterocycles. The molecule has 8 heteroatoms. The van der Waals surface area contributed by atoms with E-state index in [-0.39, 0.29) is 28.3 Å². The number of esters is 1. The fraction of sp³-hybridized carbons (Fsp3) is 0.339. The molecule has 1 atom stereocenters. The molecule has 0 N–H and O–H groups in total. The molecule has 1 unspecified atom stereocenters. The number of carboxylic acid groups (broad SMARTS) is 1. The van der Waals surface area contributed by atoms with E-state index in [2.05, 4.69) is 137 Å². The van der Waals surface area contributed by atoms with E-state index in [1.165, 1.54) is 62.7 Å². The number of aryl methyl sites for hydroxylation is 1. The Hall–Kier alpha value is -5.86. The Labute approximate surface area is 382 Å². The number of carbonyl (C=O) groups excluding carboxylic acids is 2. The fourth-order valence-electron chi connectivity index (χ4n) is 10.6. The SMILES string of the molecule is CCN1/C(=C/C=C2\CC(C(C)(C)C(=O)OC)CC(/C=C/C3=[N+](CC)c4ccc5cc(OC)ccc5c4C3(C)C)=C2Sc2ccc(C(=O)[O-])cc2)C(C)(C)c2c1ccc1cc(C)ccc21. The molecule has 330 valence electrons. The molecule has 1 aliphatic carbocycles. The Bertz CT molecular complexity index is 2890. The van der Waals surface area contributed by atoms with Crippen LogP contribution < -0.4 is 14.7 Å². The molecule has 0 radical (unpaired) electrons. The van der Waals surface area contributed by atoms with Gasteiger partial charge in [0.2, 0.25) is 5.69 Å². The van der Waals surface area contributed by atoms with Crippen LogP contribution in [0.15, 0.2) is 136 Å². The highest BCUT2D eigenvalue weighted by atomic mass is 32.2. The molecule has 8 rings (SSSR count). The number of allylic oxidation sites excluding steroid dienone is 7. The molecule has 5 aromatic rings. The van der Waals surface area contributed by atoms with E-state index in [0.717, 1.165) is 45.2 Å². The highest BCUT2D eigenvalue weighted by molar-refractivity contribution is 8.03. The van der Waals surface area contributed by atoms with Crippen LogP contribution in [0, 0.1) is 18.3 Å². The third-order valence-corrected chi connectivity index (χ3v) is 15.4. The van der Waals surface area contributed by atoms with E-state index >= 15 is 0 Å². The van der Waals surface area contributed by atoms with Crippen molar-refractivity contribution in [3.8, 4) is 5.75 Å². The maximum absolute atomic E-state index is 13.6. The van der Waals surface area contributed by atoms with Crippen molar-refractivity contribution in [3.05, 3.63) is 153 Å². The van der Waals surface area contributed by atoms with Crippen LogP contribution in [0.3, 0.4) is 0 Å². The maximum atomic E-state index is 13.6. The van der Waals surface area contributed by atoms with E-state index < -0.39 is 11.4 Å². The number of nitrogens with zero attached hydrogens (tertiary/aromatic N) is 2. The number of thioether (sulfide) groups is 1. The molecule has 0 bridgehead atoms. The number of carbonyl (C=O) groups is 2. The van der Waals surface area contributed by atoms with E-state index in [1.807, 2.05) is 32.0 Å². The van der Waals surface area contributed by atoms with Gasteiger partial charge in [-0.05, 0) is 154 Å². The number of fused-ring (bicyclic) bond motifs is 6. The normalized spacial score (nSPS) is 19.4. The van der Waals surface area contributed by atoms with Gasteiger partial charge >= 0.3 is 5.97 Å². The summed E-state index contributed by atoms with van der Waals surface area (Å²) >= 11 is 1.64. The first-order valence-electron chi connectivity index (χ1n) is 22.4. The Morgan fingerprint density at radius 3 is 2.20 bits per heavy atom. The molecule has 0 amide bonds. The second-order valence-corrected chi connectivity index (χ2v) is 20.1. The van der Waals surface area contributed by atoms with E-state index in [0.29, 0.717) is 12.8 Å². The summed E-state index contributed by atoms with van der Waals surface area (Å²) in [5.74, 6) is -0.677. The van der Waals surface area contributed by atoms with Gasteiger partial charge in [0, 0.05) is 50.9 Å². The van der Waals surface area contributed by atoms with Gasteiger partial charge in [-0.2, -0.15) is 4.58 Å². The van der Waals surface area contributed by atoms with Crippen molar-refractivity contribution in [2.45, 2.75) is 90.9 Å². The molecular weight excluding hydrogens is 813 g/mol. The van der Waals surface area contributed by atoms with Gasteiger partial charge in [0.15, 0.2) is 5.71 Å². The third kappa shape index (κ3) is 7.57. The van der Waals surface area contributed by atoms with Crippen molar-refractivity contribution in [3.63, 3.8) is 0 Å². The summed E-state index contributed by atoms with van der Waals surface area (Å²) in [5, 5.41) is 16.7. The van der Waals surface area contributed by atoms with Crippen molar-refractivity contribution in [2.24, 2.45) is 11.3 Å². The summed E-state index contributed by atoms with van der Waals surface area (Å²) in [5.41, 5.74) is 9.64. The Morgan fingerprint density at radius 1 is 0.844 bits per heavy atom. The zero-order valence-corrected chi connectivity index (χ0v) is 40.0. The Morgan fingerprint density at radius 2 is 1.53 bits per heavy atom. The van der Waals surface area contributed by atoms with Crippen molar-refractivity contribution in [1.82, 2.24) is 0 Å². The topological polar surface area (TPSA) is 81.9 Å². The fourth-order valence-corrected chi connectivity index (χ4v) is 11.7. The van der Waals surface area contributed by atoms with Gasteiger partial charge in [0.05, 0.1) is 31.0 Å². The second-order valence-electron chi connectivity index (χ2n) is 19.0. The summed E-state index contributed by atoms with van der Waals surface area (Å²) < 4.78 is 13.5. The molecule has 3 aliphatic rings. The highest BCUT2D eigenvalue weighted by Crippen LogP contribution is 2.53. The van der Waals surface area contributed by atoms with Gasteiger partial charge in [-0.3, -0.25) is 4.79 Å². The summed E-state index contributed by atoms with van der Waals surface area (Å²) in [7, 11) is 3.18. The Kier molecular flexibility index (Phi) is 11.8. The van der Waals surface area contributed by atoms with Crippen LogP contribution in [0.5, 0.6) is 5.75 Å². The molecule has 0 saturated carbocycles.